The van der Waals surface area contributed by atoms with Crippen LogP contribution in [0, 0.1) is 11.8 Å². The first-order chi connectivity index (χ1) is 8.16. The number of nitrogens with one attached hydrogen (secondary N) is 1. The van der Waals surface area contributed by atoms with Gasteiger partial charge in [-0.15, -0.1) is 0 Å². The van der Waals surface area contributed by atoms with Crippen LogP contribution in [0.25, 0.3) is 0 Å². The molecule has 0 bridgehead atoms. The van der Waals surface area contributed by atoms with Crippen molar-refractivity contribution in [3.63, 3.8) is 0 Å². The van der Waals surface area contributed by atoms with Crippen molar-refractivity contribution in [2.45, 2.75) is 39.0 Å². The van der Waals surface area contributed by atoms with Crippen LogP contribution in [-0.2, 0) is 9.59 Å². The molecule has 4 heteroatoms. The molecule has 17 heavy (non-hydrogen) atoms. The Morgan fingerprint density at radius 1 is 1.18 bits per heavy atom. The number of piperidine rings is 1. The van der Waals surface area contributed by atoms with Gasteiger partial charge in [-0.2, -0.15) is 0 Å². The van der Waals surface area contributed by atoms with E-state index in [9.17, 15) is 9.59 Å². The van der Waals surface area contributed by atoms with Crippen molar-refractivity contribution < 1.29 is 9.59 Å². The number of nitrogens with zero attached hydrogens (tertiary/aromatic N) is 1. The SMILES string of the molecule is CC1CCN(C(=O)CNC(=O)C2CCC2)CC1. The number of carbonyl (C=O) groups excluding carboxylic acids is 2. The zero-order valence-electron chi connectivity index (χ0n) is 10.6. The highest BCUT2D eigenvalue weighted by Gasteiger charge is 2.26. The van der Waals surface area contributed by atoms with Crippen molar-refractivity contribution in [1.82, 2.24) is 10.2 Å². The summed E-state index contributed by atoms with van der Waals surface area (Å²) in [4.78, 5) is 25.3. The van der Waals surface area contributed by atoms with Crippen LogP contribution in [0.4, 0.5) is 0 Å². The Labute approximate surface area is 103 Å². The number of rotatable bonds is 3. The second kappa shape index (κ2) is 5.52. The van der Waals surface area contributed by atoms with Gasteiger partial charge in [-0.05, 0) is 31.6 Å². The number of carbonyl (C=O) groups is 2. The molecular weight excluding hydrogens is 216 g/mol. The van der Waals surface area contributed by atoms with E-state index in [1.54, 1.807) is 0 Å². The molecule has 96 valence electrons. The van der Waals surface area contributed by atoms with Gasteiger partial charge in [-0.1, -0.05) is 13.3 Å². The third-order valence-electron chi connectivity index (χ3n) is 4.03. The zero-order chi connectivity index (χ0) is 12.3. The van der Waals surface area contributed by atoms with Crippen molar-refractivity contribution >= 4 is 11.8 Å². The van der Waals surface area contributed by atoms with E-state index in [2.05, 4.69) is 12.2 Å². The van der Waals surface area contributed by atoms with Gasteiger partial charge in [0.05, 0.1) is 6.54 Å². The fraction of sp³-hybridized carbons (Fsp3) is 0.846. The number of amides is 2. The molecule has 2 aliphatic rings. The third-order valence-corrected chi connectivity index (χ3v) is 4.03. The van der Waals surface area contributed by atoms with E-state index in [-0.39, 0.29) is 24.3 Å². The lowest BCUT2D eigenvalue weighted by atomic mass is 9.85. The fourth-order valence-electron chi connectivity index (χ4n) is 2.35. The van der Waals surface area contributed by atoms with Gasteiger partial charge >= 0.3 is 0 Å². The lowest BCUT2D eigenvalue weighted by Gasteiger charge is -2.31. The average Bonchev–Trinajstić information content (AvgIpc) is 2.24. The Balaban J connectivity index is 1.68. The van der Waals surface area contributed by atoms with Crippen LogP contribution >= 0.6 is 0 Å². The van der Waals surface area contributed by atoms with Crippen molar-refractivity contribution in [3.05, 3.63) is 0 Å². The van der Waals surface area contributed by atoms with Crippen LogP contribution in [-0.4, -0.2) is 36.3 Å². The van der Waals surface area contributed by atoms with Crippen LogP contribution < -0.4 is 5.32 Å². The Hall–Kier alpha value is -1.06. The van der Waals surface area contributed by atoms with Crippen molar-refractivity contribution in [3.8, 4) is 0 Å². The van der Waals surface area contributed by atoms with E-state index < -0.39 is 0 Å². The maximum atomic E-state index is 11.8. The third kappa shape index (κ3) is 3.20. The van der Waals surface area contributed by atoms with Gasteiger partial charge in [0.1, 0.15) is 0 Å². The summed E-state index contributed by atoms with van der Waals surface area (Å²) < 4.78 is 0. The quantitative estimate of drug-likeness (QED) is 0.802. The van der Waals surface area contributed by atoms with E-state index in [0.717, 1.165) is 51.1 Å². The summed E-state index contributed by atoms with van der Waals surface area (Å²) in [6.45, 7) is 4.10. The predicted molar refractivity (Wildman–Crippen MR) is 65.3 cm³/mol. The molecule has 1 N–H and O–H groups in total. The topological polar surface area (TPSA) is 49.4 Å². The Morgan fingerprint density at radius 2 is 1.82 bits per heavy atom. The first-order valence-corrected chi connectivity index (χ1v) is 6.72. The lowest BCUT2D eigenvalue weighted by Crippen LogP contribution is -2.45. The van der Waals surface area contributed by atoms with E-state index in [4.69, 9.17) is 0 Å². The van der Waals surface area contributed by atoms with Crippen molar-refractivity contribution in [2.75, 3.05) is 19.6 Å². The molecule has 2 rings (SSSR count). The fourth-order valence-corrected chi connectivity index (χ4v) is 2.35. The van der Waals surface area contributed by atoms with Crippen LogP contribution in [0.1, 0.15) is 39.0 Å². The largest absolute Gasteiger partial charge is 0.347 e. The van der Waals surface area contributed by atoms with Crippen molar-refractivity contribution in [2.24, 2.45) is 11.8 Å². The molecular formula is C13H22N2O2. The normalized spacial score (nSPS) is 22.1. The maximum Gasteiger partial charge on any atom is 0.241 e. The van der Waals surface area contributed by atoms with Gasteiger partial charge in [0, 0.05) is 19.0 Å². The molecule has 1 aliphatic carbocycles. The molecule has 4 nitrogen and oxygen atoms in total. The average molecular weight is 238 g/mol. The Morgan fingerprint density at radius 3 is 2.35 bits per heavy atom. The summed E-state index contributed by atoms with van der Waals surface area (Å²) in [6, 6.07) is 0. The Kier molecular flexibility index (Phi) is 4.02. The summed E-state index contributed by atoms with van der Waals surface area (Å²) in [6.07, 6.45) is 5.29. The van der Waals surface area contributed by atoms with E-state index >= 15 is 0 Å². The van der Waals surface area contributed by atoms with Gasteiger partial charge in [-0.3, -0.25) is 9.59 Å². The molecule has 1 saturated carbocycles. The summed E-state index contributed by atoms with van der Waals surface area (Å²) in [5, 5.41) is 2.76. The first-order valence-electron chi connectivity index (χ1n) is 6.72. The molecule has 1 heterocycles. The van der Waals surface area contributed by atoms with E-state index in [0.29, 0.717) is 0 Å². The van der Waals surface area contributed by atoms with Crippen LogP contribution in [0.15, 0.2) is 0 Å². The smallest absolute Gasteiger partial charge is 0.241 e. The molecule has 0 aromatic rings. The molecule has 0 spiro atoms. The van der Waals surface area contributed by atoms with E-state index in [1.165, 1.54) is 0 Å². The van der Waals surface area contributed by atoms with Crippen LogP contribution in [0.3, 0.4) is 0 Å². The summed E-state index contributed by atoms with van der Waals surface area (Å²) >= 11 is 0. The first kappa shape index (κ1) is 12.4. The lowest BCUT2D eigenvalue weighted by molar-refractivity contribution is -0.135. The minimum absolute atomic E-state index is 0.0648. The molecule has 0 aromatic heterocycles. The highest BCUT2D eigenvalue weighted by atomic mass is 16.2. The second-order valence-corrected chi connectivity index (χ2v) is 5.41. The van der Waals surface area contributed by atoms with Gasteiger partial charge in [0.15, 0.2) is 0 Å². The van der Waals surface area contributed by atoms with Crippen LogP contribution in [0.5, 0.6) is 0 Å². The van der Waals surface area contributed by atoms with Gasteiger partial charge in [-0.25, -0.2) is 0 Å². The molecule has 0 unspecified atom stereocenters. The van der Waals surface area contributed by atoms with E-state index in [1.807, 2.05) is 4.90 Å². The Bertz CT molecular complexity index is 292. The zero-order valence-corrected chi connectivity index (χ0v) is 10.6. The van der Waals surface area contributed by atoms with Gasteiger partial charge in [0.2, 0.25) is 11.8 Å². The molecule has 2 fully saturated rings. The molecule has 0 radical (unpaired) electrons. The number of likely N-dealkylation sites (tertiary alicyclic amines) is 1. The van der Waals surface area contributed by atoms with Gasteiger partial charge < -0.3 is 10.2 Å². The maximum absolute atomic E-state index is 11.8. The highest BCUT2D eigenvalue weighted by molar-refractivity contribution is 5.86. The predicted octanol–water partition coefficient (Wildman–Crippen LogP) is 1.16. The molecule has 0 atom stereocenters. The number of hydrogen-bond acceptors (Lipinski definition) is 2. The highest BCUT2D eigenvalue weighted by Crippen LogP contribution is 2.26. The molecule has 1 aliphatic heterocycles. The van der Waals surface area contributed by atoms with Crippen LogP contribution in [0.2, 0.25) is 0 Å². The summed E-state index contributed by atoms with van der Waals surface area (Å²) in [7, 11) is 0. The minimum atomic E-state index is 0.0648. The van der Waals surface area contributed by atoms with Gasteiger partial charge in [0.25, 0.3) is 0 Å². The molecule has 0 aromatic carbocycles. The second-order valence-electron chi connectivity index (χ2n) is 5.41. The summed E-state index contributed by atoms with van der Waals surface area (Å²) in [5.41, 5.74) is 0. The molecule has 1 saturated heterocycles. The monoisotopic (exact) mass is 238 g/mol. The standard InChI is InChI=1S/C13H22N2O2/c1-10-5-7-15(8-6-10)12(16)9-14-13(17)11-3-2-4-11/h10-11H,2-9H2,1H3,(H,14,17). The van der Waals surface area contributed by atoms with Crippen molar-refractivity contribution in [1.29, 1.82) is 0 Å². The molecule has 2 amide bonds. The number of hydrogen-bond donors (Lipinski definition) is 1. The minimum Gasteiger partial charge on any atom is -0.347 e. The summed E-state index contributed by atoms with van der Waals surface area (Å²) in [5.74, 6) is 1.03.